The predicted molar refractivity (Wildman–Crippen MR) is 250 cm³/mol. The van der Waals surface area contributed by atoms with Gasteiger partial charge in [-0.25, -0.2) is 0 Å². The van der Waals surface area contributed by atoms with Gasteiger partial charge in [0.05, 0.1) is 0 Å². The lowest BCUT2D eigenvalue weighted by Crippen LogP contribution is -2.28. The molecule has 7 rings (SSSR count). The number of ketones is 2. The Balaban J connectivity index is 1.52. The van der Waals surface area contributed by atoms with Gasteiger partial charge in [-0.15, -0.1) is 22.7 Å². The molecule has 0 aliphatic heterocycles. The minimum absolute atomic E-state index is 0.0954. The van der Waals surface area contributed by atoms with Gasteiger partial charge in [0.1, 0.15) is 11.5 Å². The van der Waals surface area contributed by atoms with Crippen LogP contribution in [0.2, 0.25) is 0 Å². The molecule has 0 unspecified atom stereocenters. The third-order valence-corrected chi connectivity index (χ3v) is 13.2. The van der Waals surface area contributed by atoms with Crippen LogP contribution in [-0.2, 0) is 9.59 Å². The molecule has 3 nitrogen and oxygen atoms in total. The number of furan rings is 1. The third kappa shape index (κ3) is 8.65. The molecule has 0 bridgehead atoms. The van der Waals surface area contributed by atoms with Crippen molar-refractivity contribution in [1.29, 1.82) is 0 Å². The average molecular weight is 817 g/mol. The fourth-order valence-corrected chi connectivity index (χ4v) is 9.82. The molecule has 0 N–H and O–H groups in total. The van der Waals surface area contributed by atoms with Crippen LogP contribution in [0.15, 0.2) is 159 Å². The number of carbonyl (C=O) groups excluding carboxylic acids is 2. The summed E-state index contributed by atoms with van der Waals surface area (Å²) < 4.78 is 7.20. The first-order valence-corrected chi connectivity index (χ1v) is 22.1. The number of rotatable bonds is 6. The van der Waals surface area contributed by atoms with Gasteiger partial charge < -0.3 is 4.42 Å². The van der Waals surface area contributed by atoms with E-state index >= 15 is 0 Å². The third-order valence-electron chi connectivity index (χ3n) is 10.9. The van der Waals surface area contributed by atoms with Crippen LogP contribution in [-0.4, -0.2) is 11.6 Å². The van der Waals surface area contributed by atoms with E-state index in [1.165, 1.54) is 0 Å². The van der Waals surface area contributed by atoms with Crippen LogP contribution in [0.5, 0.6) is 0 Å². The van der Waals surface area contributed by atoms with Crippen molar-refractivity contribution in [3.63, 3.8) is 0 Å². The van der Waals surface area contributed by atoms with E-state index in [1.807, 2.05) is 12.1 Å². The minimum Gasteiger partial charge on any atom is -0.456 e. The van der Waals surface area contributed by atoms with Gasteiger partial charge in [-0.2, -0.15) is 0 Å². The summed E-state index contributed by atoms with van der Waals surface area (Å²) in [5, 5.41) is 0. The Morgan fingerprint density at radius 2 is 0.712 bits per heavy atom. The van der Waals surface area contributed by atoms with Gasteiger partial charge >= 0.3 is 0 Å². The molecule has 3 aromatic heterocycles. The van der Waals surface area contributed by atoms with Crippen LogP contribution in [0, 0.1) is 21.7 Å². The fourth-order valence-electron chi connectivity index (χ4n) is 7.65. The number of thiophene rings is 2. The Bertz CT molecular complexity index is 2370. The lowest BCUT2D eigenvalue weighted by atomic mass is 9.71. The minimum atomic E-state index is -0.378. The molecule has 0 spiro atoms. The molecule has 5 heteroatoms. The highest BCUT2D eigenvalue weighted by molar-refractivity contribution is 7.17. The summed E-state index contributed by atoms with van der Waals surface area (Å²) in [7, 11) is 0. The van der Waals surface area contributed by atoms with Crippen LogP contribution in [0.3, 0.4) is 0 Å². The van der Waals surface area contributed by atoms with Crippen molar-refractivity contribution in [3.8, 4) is 20.9 Å². The highest BCUT2D eigenvalue weighted by Crippen LogP contribution is 2.47. The Hall–Kier alpha value is -5.10. The Morgan fingerprint density at radius 1 is 0.407 bits per heavy atom. The molecular formula is C54H56O3S2. The number of Topliss-reactive ketones (excluding diaryl/α,β-unsaturated/α-hetero) is 2. The van der Waals surface area contributed by atoms with Crippen molar-refractivity contribution in [2.75, 3.05) is 0 Å². The molecule has 2 aliphatic rings. The van der Waals surface area contributed by atoms with Crippen molar-refractivity contribution in [2.24, 2.45) is 21.7 Å². The smallest absolute Gasteiger partial charge is 0.186 e. The molecule has 2 aliphatic carbocycles. The van der Waals surface area contributed by atoms with E-state index in [9.17, 15) is 9.59 Å². The van der Waals surface area contributed by atoms with E-state index in [0.29, 0.717) is 11.5 Å². The van der Waals surface area contributed by atoms with Gasteiger partial charge in [-0.05, 0) is 105 Å². The molecule has 0 radical (unpaired) electrons. The first-order valence-electron chi connectivity index (χ1n) is 20.5. The molecule has 302 valence electrons. The first-order chi connectivity index (χ1) is 27.6. The quantitative estimate of drug-likeness (QED) is 0.171. The summed E-state index contributed by atoms with van der Waals surface area (Å²) in [5.41, 5.74) is 7.70. The van der Waals surface area contributed by atoms with Gasteiger partial charge in [0, 0.05) is 52.9 Å². The van der Waals surface area contributed by atoms with Gasteiger partial charge in [0.2, 0.25) is 0 Å². The van der Waals surface area contributed by atoms with Gasteiger partial charge in [-0.3, -0.25) is 9.59 Å². The lowest BCUT2D eigenvalue weighted by molar-refractivity contribution is -0.114. The van der Waals surface area contributed by atoms with Crippen LogP contribution >= 0.6 is 22.7 Å². The van der Waals surface area contributed by atoms with Gasteiger partial charge in [0.25, 0.3) is 0 Å². The van der Waals surface area contributed by atoms with E-state index in [0.717, 1.165) is 75.2 Å². The van der Waals surface area contributed by atoms with E-state index in [-0.39, 0.29) is 33.2 Å². The lowest BCUT2D eigenvalue weighted by Gasteiger charge is -2.32. The number of benzene rings is 2. The molecule has 0 amide bonds. The number of allylic oxidation sites excluding steroid dienone is 10. The molecule has 0 saturated carbocycles. The van der Waals surface area contributed by atoms with Crippen LogP contribution < -0.4 is 0 Å². The number of hydrogen-bond donors (Lipinski definition) is 0. The largest absolute Gasteiger partial charge is 0.456 e. The summed E-state index contributed by atoms with van der Waals surface area (Å²) in [6.07, 6.45) is 8.35. The van der Waals surface area contributed by atoms with Crippen molar-refractivity contribution in [2.45, 2.75) is 83.1 Å². The van der Waals surface area contributed by atoms with E-state index in [1.54, 1.807) is 22.7 Å². The average Bonchev–Trinajstić information content (AvgIpc) is 3.95. The highest BCUT2D eigenvalue weighted by Gasteiger charge is 2.37. The first kappa shape index (κ1) is 42.0. The monoisotopic (exact) mass is 816 g/mol. The maximum absolute atomic E-state index is 14.2. The fraction of sp³-hybridized carbons (Fsp3) is 0.296. The van der Waals surface area contributed by atoms with Crippen LogP contribution in [0.1, 0.15) is 104 Å². The second kappa shape index (κ2) is 15.5. The Kier molecular flexibility index (Phi) is 11.0. The summed E-state index contributed by atoms with van der Waals surface area (Å²) in [5.74, 6) is 1.62. The number of carbonyl (C=O) groups is 2. The molecule has 0 atom stereocenters. The zero-order valence-corrected chi connectivity index (χ0v) is 38.2. The van der Waals surface area contributed by atoms with Gasteiger partial charge in [-0.1, -0.05) is 144 Å². The predicted octanol–water partition coefficient (Wildman–Crippen LogP) is 15.4. The van der Waals surface area contributed by atoms with Crippen molar-refractivity contribution < 1.29 is 14.0 Å². The second-order valence-electron chi connectivity index (χ2n) is 19.8. The van der Waals surface area contributed by atoms with Crippen molar-refractivity contribution in [1.82, 2.24) is 0 Å². The maximum Gasteiger partial charge on any atom is 0.186 e. The number of hydrogen-bond acceptors (Lipinski definition) is 5. The molecular weight excluding hydrogens is 761 g/mol. The van der Waals surface area contributed by atoms with Crippen LogP contribution in [0.4, 0.5) is 0 Å². The Morgan fingerprint density at radius 3 is 1.00 bits per heavy atom. The molecule has 3 heterocycles. The molecule has 2 aromatic carbocycles. The van der Waals surface area contributed by atoms with Crippen LogP contribution in [0.25, 0.3) is 32.0 Å². The standard InChI is InChI=1S/C54H56O3S2/c1-51(2,3)37-29-35(30-38(49(37)55)52(4,5)6)47(45-27-25-43(58-45)33-19-15-13-16-20-33)41-23-24-42(57-41)48(46-28-26-44(59-46)34-21-17-14-18-22-34)36-31-39(53(7,8)9)50(56)40(32-36)54(10,11)12/h13-32H,1-12H3. The molecule has 5 aromatic rings. The zero-order chi connectivity index (χ0) is 42.7. The maximum atomic E-state index is 14.2. The summed E-state index contributed by atoms with van der Waals surface area (Å²) in [6, 6.07) is 33.8. The normalized spacial score (nSPS) is 15.5. The van der Waals surface area contributed by atoms with E-state index in [4.69, 9.17) is 4.42 Å². The SMILES string of the molecule is CC(C)(C)C1=CC(=C(c2ccc(C(=C3C=C(C(C)(C)C)C(=O)C(C(C)(C)C)=C3)c3ccc(-c4ccccc4)s3)o2)c2ccc(-c3ccccc3)s2)C=C(C(C)(C)C)C1=O. The topological polar surface area (TPSA) is 47.3 Å². The van der Waals surface area contributed by atoms with Crippen molar-refractivity contribution in [3.05, 3.63) is 176 Å². The van der Waals surface area contributed by atoms with E-state index < -0.39 is 0 Å². The zero-order valence-electron chi connectivity index (χ0n) is 36.6. The summed E-state index contributed by atoms with van der Waals surface area (Å²) in [4.78, 5) is 32.8. The molecule has 0 fully saturated rings. The second-order valence-corrected chi connectivity index (χ2v) is 21.9. The summed E-state index contributed by atoms with van der Waals surface area (Å²) in [6.45, 7) is 25.3. The molecule has 0 saturated heterocycles. The summed E-state index contributed by atoms with van der Waals surface area (Å²) >= 11 is 3.44. The van der Waals surface area contributed by atoms with Gasteiger partial charge in [0.15, 0.2) is 11.6 Å². The van der Waals surface area contributed by atoms with E-state index in [2.05, 4.69) is 192 Å². The molecule has 59 heavy (non-hydrogen) atoms. The van der Waals surface area contributed by atoms with Crippen molar-refractivity contribution >= 4 is 45.4 Å². The highest BCUT2D eigenvalue weighted by atomic mass is 32.1. The Labute approximate surface area is 359 Å².